The molecule has 0 aromatic heterocycles. The number of carboxylic acid groups (broad SMARTS) is 1. The predicted molar refractivity (Wildman–Crippen MR) is 62.3 cm³/mol. The third kappa shape index (κ3) is 4.10. The molecule has 0 aromatic rings. The molecular formula is C12H23NO3. The minimum Gasteiger partial charge on any atom is -0.481 e. The van der Waals surface area contributed by atoms with Crippen LogP contribution in [0.15, 0.2) is 0 Å². The summed E-state index contributed by atoms with van der Waals surface area (Å²) >= 11 is 0. The average Bonchev–Trinajstić information content (AvgIpc) is 1.96. The maximum atomic E-state index is 10.3. The topological polar surface area (TPSA) is 69.6 Å². The lowest BCUT2D eigenvalue weighted by Gasteiger charge is -2.40. The Morgan fingerprint density at radius 3 is 2.56 bits per heavy atom. The molecular weight excluding hydrogens is 206 g/mol. The molecule has 1 fully saturated rings. The molecule has 0 amide bonds. The van der Waals surface area contributed by atoms with Gasteiger partial charge in [-0.1, -0.05) is 20.3 Å². The molecule has 1 unspecified atom stereocenters. The third-order valence-corrected chi connectivity index (χ3v) is 3.58. The number of aliphatic carboxylic acids is 1. The molecule has 0 aliphatic heterocycles. The molecule has 0 radical (unpaired) electrons. The Labute approximate surface area is 97.0 Å². The predicted octanol–water partition coefficient (Wildman–Crippen LogP) is 1.24. The van der Waals surface area contributed by atoms with E-state index >= 15 is 0 Å². The Morgan fingerprint density at radius 2 is 2.12 bits per heavy atom. The number of carbonyl (C=O) groups is 1. The van der Waals surface area contributed by atoms with Crippen LogP contribution in [0.1, 0.15) is 39.5 Å². The van der Waals surface area contributed by atoms with E-state index in [0.29, 0.717) is 6.54 Å². The van der Waals surface area contributed by atoms with Crippen LogP contribution in [-0.2, 0) is 4.79 Å². The minimum atomic E-state index is -0.951. The quantitative estimate of drug-likeness (QED) is 0.614. The van der Waals surface area contributed by atoms with Crippen molar-refractivity contribution in [2.24, 2.45) is 11.3 Å². The Hall–Kier alpha value is -0.610. The highest BCUT2D eigenvalue weighted by atomic mass is 16.4. The first kappa shape index (κ1) is 13.5. The number of rotatable bonds is 7. The molecule has 1 aliphatic carbocycles. The molecule has 1 saturated carbocycles. The largest absolute Gasteiger partial charge is 0.481 e. The number of aliphatic hydroxyl groups is 1. The van der Waals surface area contributed by atoms with Crippen LogP contribution in [0.2, 0.25) is 0 Å². The van der Waals surface area contributed by atoms with Crippen molar-refractivity contribution < 1.29 is 15.0 Å². The van der Waals surface area contributed by atoms with Crippen LogP contribution in [0.3, 0.4) is 0 Å². The number of carboxylic acids is 1. The summed E-state index contributed by atoms with van der Waals surface area (Å²) in [5.74, 6) is -0.177. The SMILES string of the molecule is CC(C)(CNCC(O)CC(=O)O)C1CCC1. The molecule has 1 aliphatic rings. The monoisotopic (exact) mass is 229 g/mol. The van der Waals surface area contributed by atoms with Gasteiger partial charge < -0.3 is 15.5 Å². The Morgan fingerprint density at radius 1 is 1.50 bits per heavy atom. The minimum absolute atomic E-state index is 0.184. The van der Waals surface area contributed by atoms with E-state index in [0.717, 1.165) is 12.5 Å². The van der Waals surface area contributed by atoms with Crippen molar-refractivity contribution in [2.45, 2.75) is 45.6 Å². The zero-order valence-electron chi connectivity index (χ0n) is 10.2. The summed E-state index contributed by atoms with van der Waals surface area (Å²) in [4.78, 5) is 10.3. The molecule has 0 bridgehead atoms. The lowest BCUT2D eigenvalue weighted by atomic mass is 9.67. The fourth-order valence-electron chi connectivity index (χ4n) is 2.17. The molecule has 0 saturated heterocycles. The highest BCUT2D eigenvalue weighted by Gasteiger charge is 2.33. The summed E-state index contributed by atoms with van der Waals surface area (Å²) < 4.78 is 0. The van der Waals surface area contributed by atoms with E-state index in [4.69, 9.17) is 5.11 Å². The van der Waals surface area contributed by atoms with Gasteiger partial charge in [-0.25, -0.2) is 0 Å². The lowest BCUT2D eigenvalue weighted by molar-refractivity contribution is -0.139. The summed E-state index contributed by atoms with van der Waals surface area (Å²) in [6.07, 6.45) is 2.96. The van der Waals surface area contributed by atoms with Crippen LogP contribution < -0.4 is 5.32 Å². The molecule has 0 heterocycles. The van der Waals surface area contributed by atoms with E-state index < -0.39 is 12.1 Å². The first-order valence-electron chi connectivity index (χ1n) is 6.02. The van der Waals surface area contributed by atoms with Gasteiger partial charge in [-0.15, -0.1) is 0 Å². The van der Waals surface area contributed by atoms with Crippen molar-refractivity contribution >= 4 is 5.97 Å². The van der Waals surface area contributed by atoms with Crippen molar-refractivity contribution in [1.82, 2.24) is 5.32 Å². The number of hydrogen-bond donors (Lipinski definition) is 3. The van der Waals surface area contributed by atoms with E-state index in [1.54, 1.807) is 0 Å². The fourth-order valence-corrected chi connectivity index (χ4v) is 2.17. The van der Waals surface area contributed by atoms with E-state index in [1.165, 1.54) is 19.3 Å². The summed E-state index contributed by atoms with van der Waals surface area (Å²) in [6, 6.07) is 0. The van der Waals surface area contributed by atoms with E-state index in [2.05, 4.69) is 19.2 Å². The van der Waals surface area contributed by atoms with Crippen LogP contribution >= 0.6 is 0 Å². The molecule has 1 rings (SSSR count). The van der Waals surface area contributed by atoms with Crippen molar-refractivity contribution in [2.75, 3.05) is 13.1 Å². The molecule has 16 heavy (non-hydrogen) atoms. The molecule has 0 aromatic carbocycles. The molecule has 1 atom stereocenters. The van der Waals surface area contributed by atoms with Gasteiger partial charge in [0.2, 0.25) is 0 Å². The van der Waals surface area contributed by atoms with Crippen molar-refractivity contribution in [3.05, 3.63) is 0 Å². The van der Waals surface area contributed by atoms with E-state index in [1.807, 2.05) is 0 Å². The molecule has 3 N–H and O–H groups in total. The normalized spacial score (nSPS) is 19.2. The van der Waals surface area contributed by atoms with Gasteiger partial charge in [0.1, 0.15) is 0 Å². The highest BCUT2D eigenvalue weighted by Crippen LogP contribution is 2.41. The van der Waals surface area contributed by atoms with Crippen LogP contribution in [-0.4, -0.2) is 35.4 Å². The fraction of sp³-hybridized carbons (Fsp3) is 0.917. The van der Waals surface area contributed by atoms with Gasteiger partial charge in [0, 0.05) is 13.1 Å². The summed E-state index contributed by atoms with van der Waals surface area (Å²) in [7, 11) is 0. The zero-order valence-corrected chi connectivity index (χ0v) is 10.2. The van der Waals surface area contributed by atoms with Crippen LogP contribution in [0, 0.1) is 11.3 Å². The second-order valence-corrected chi connectivity index (χ2v) is 5.50. The van der Waals surface area contributed by atoms with Crippen molar-refractivity contribution in [1.29, 1.82) is 0 Å². The molecule has 0 spiro atoms. The van der Waals surface area contributed by atoms with Gasteiger partial charge in [-0.3, -0.25) is 4.79 Å². The molecule has 4 heteroatoms. The Kier molecular flexibility index (Phi) is 4.74. The van der Waals surface area contributed by atoms with Crippen molar-refractivity contribution in [3.8, 4) is 0 Å². The third-order valence-electron chi connectivity index (χ3n) is 3.58. The van der Waals surface area contributed by atoms with Gasteiger partial charge in [0.05, 0.1) is 12.5 Å². The molecule has 94 valence electrons. The highest BCUT2D eigenvalue weighted by molar-refractivity contribution is 5.67. The second-order valence-electron chi connectivity index (χ2n) is 5.50. The number of nitrogens with one attached hydrogen (secondary N) is 1. The second kappa shape index (κ2) is 5.64. The first-order valence-corrected chi connectivity index (χ1v) is 6.02. The summed E-state index contributed by atoms with van der Waals surface area (Å²) in [6.45, 7) is 5.66. The van der Waals surface area contributed by atoms with E-state index in [-0.39, 0.29) is 11.8 Å². The standard InChI is InChI=1S/C12H23NO3/c1-12(2,9-4-3-5-9)8-13-7-10(14)6-11(15)16/h9-10,13-14H,3-8H2,1-2H3,(H,15,16). The summed E-state index contributed by atoms with van der Waals surface area (Å²) in [5, 5.41) is 21.0. The van der Waals surface area contributed by atoms with E-state index in [9.17, 15) is 9.90 Å². The van der Waals surface area contributed by atoms with Gasteiger partial charge in [-0.2, -0.15) is 0 Å². The Balaban J connectivity index is 2.16. The molecule has 4 nitrogen and oxygen atoms in total. The Bertz CT molecular complexity index is 236. The maximum Gasteiger partial charge on any atom is 0.306 e. The lowest BCUT2D eigenvalue weighted by Crippen LogP contribution is -2.41. The van der Waals surface area contributed by atoms with Gasteiger partial charge in [-0.05, 0) is 24.2 Å². The summed E-state index contributed by atoms with van der Waals surface area (Å²) in [5.41, 5.74) is 0.251. The zero-order chi connectivity index (χ0) is 12.2. The first-order chi connectivity index (χ1) is 7.42. The van der Waals surface area contributed by atoms with Gasteiger partial charge >= 0.3 is 5.97 Å². The van der Waals surface area contributed by atoms with Crippen LogP contribution in [0.5, 0.6) is 0 Å². The van der Waals surface area contributed by atoms with Crippen LogP contribution in [0.4, 0.5) is 0 Å². The number of aliphatic hydroxyl groups excluding tert-OH is 1. The maximum absolute atomic E-state index is 10.3. The smallest absolute Gasteiger partial charge is 0.306 e. The van der Waals surface area contributed by atoms with Gasteiger partial charge in [0.15, 0.2) is 0 Å². The van der Waals surface area contributed by atoms with Crippen LogP contribution in [0.25, 0.3) is 0 Å². The average molecular weight is 229 g/mol. The van der Waals surface area contributed by atoms with Crippen molar-refractivity contribution in [3.63, 3.8) is 0 Å². The number of hydrogen-bond acceptors (Lipinski definition) is 3. The van der Waals surface area contributed by atoms with Gasteiger partial charge in [0.25, 0.3) is 0 Å².